The molecule has 2 aliphatic rings. The van der Waals surface area contributed by atoms with Crippen LogP contribution in [-0.4, -0.2) is 30.1 Å². The van der Waals surface area contributed by atoms with Gasteiger partial charge in [0.25, 0.3) is 0 Å². The summed E-state index contributed by atoms with van der Waals surface area (Å²) in [5.74, 6) is 0. The van der Waals surface area contributed by atoms with Gasteiger partial charge in [-0.1, -0.05) is 56.5 Å². The van der Waals surface area contributed by atoms with Gasteiger partial charge >= 0.3 is 0 Å². The van der Waals surface area contributed by atoms with Gasteiger partial charge < -0.3 is 5.32 Å². The Morgan fingerprint density at radius 1 is 1.14 bits per heavy atom. The van der Waals surface area contributed by atoms with Crippen LogP contribution in [0, 0.1) is 0 Å². The summed E-state index contributed by atoms with van der Waals surface area (Å²) in [6.07, 6.45) is 8.11. The van der Waals surface area contributed by atoms with E-state index in [9.17, 15) is 0 Å². The van der Waals surface area contributed by atoms with Gasteiger partial charge in [0.1, 0.15) is 0 Å². The summed E-state index contributed by atoms with van der Waals surface area (Å²) in [6.45, 7) is 8.25. The van der Waals surface area contributed by atoms with Crippen molar-refractivity contribution in [2.24, 2.45) is 0 Å². The van der Waals surface area contributed by atoms with Gasteiger partial charge in [-0.15, -0.1) is 0 Å². The monoisotopic (exact) mass is 286 g/mol. The molecule has 0 radical (unpaired) electrons. The predicted molar refractivity (Wildman–Crippen MR) is 89.5 cm³/mol. The van der Waals surface area contributed by atoms with E-state index >= 15 is 0 Å². The molecular weight excluding hydrogens is 256 g/mol. The highest BCUT2D eigenvalue weighted by Crippen LogP contribution is 2.39. The van der Waals surface area contributed by atoms with Crippen LogP contribution in [0.3, 0.4) is 0 Å². The molecule has 2 nitrogen and oxygen atoms in total. The van der Waals surface area contributed by atoms with E-state index in [1.807, 2.05) is 0 Å². The third-order valence-corrected chi connectivity index (χ3v) is 5.74. The fourth-order valence-corrected chi connectivity index (χ4v) is 4.21. The summed E-state index contributed by atoms with van der Waals surface area (Å²) in [7, 11) is 0. The average Bonchev–Trinajstić information content (AvgIpc) is 2.98. The zero-order valence-electron chi connectivity index (χ0n) is 13.7. The van der Waals surface area contributed by atoms with Gasteiger partial charge in [-0.3, -0.25) is 4.90 Å². The number of hydrogen-bond acceptors (Lipinski definition) is 2. The molecule has 1 heterocycles. The molecule has 1 atom stereocenters. The first-order valence-corrected chi connectivity index (χ1v) is 8.74. The van der Waals surface area contributed by atoms with Crippen molar-refractivity contribution in [2.45, 2.75) is 63.5 Å². The first kappa shape index (κ1) is 15.1. The number of hydrogen-bond donors (Lipinski definition) is 1. The fraction of sp³-hybridized carbons (Fsp3) is 0.684. The quantitative estimate of drug-likeness (QED) is 0.902. The molecule has 1 aliphatic carbocycles. The molecule has 1 saturated carbocycles. The standard InChI is InChI=1S/C19H30N2/c1-3-4-14-21-16-19(12-8-9-13-19)20-15-18(21,2)17-10-6-5-7-11-17/h5-7,10-11,20H,3-4,8-9,12-16H2,1-2H3. The second-order valence-electron chi connectivity index (χ2n) is 7.26. The summed E-state index contributed by atoms with van der Waals surface area (Å²) in [5, 5.41) is 3.95. The van der Waals surface area contributed by atoms with Crippen LogP contribution in [0.1, 0.15) is 57.9 Å². The summed E-state index contributed by atoms with van der Waals surface area (Å²) < 4.78 is 0. The lowest BCUT2D eigenvalue weighted by molar-refractivity contribution is 0.0130. The third-order valence-electron chi connectivity index (χ3n) is 5.74. The molecule has 21 heavy (non-hydrogen) atoms. The molecular formula is C19H30N2. The molecule has 3 rings (SSSR count). The van der Waals surface area contributed by atoms with Crippen LogP contribution >= 0.6 is 0 Å². The van der Waals surface area contributed by atoms with Crippen molar-refractivity contribution in [3.8, 4) is 0 Å². The lowest BCUT2D eigenvalue weighted by Gasteiger charge is -2.53. The maximum absolute atomic E-state index is 3.95. The lowest BCUT2D eigenvalue weighted by Crippen LogP contribution is -2.66. The number of benzene rings is 1. The second-order valence-corrected chi connectivity index (χ2v) is 7.26. The van der Waals surface area contributed by atoms with Crippen LogP contribution in [0.5, 0.6) is 0 Å². The third kappa shape index (κ3) is 2.89. The molecule has 2 fully saturated rings. The molecule has 1 saturated heterocycles. The molecule has 0 aromatic heterocycles. The summed E-state index contributed by atoms with van der Waals surface area (Å²) in [6, 6.07) is 11.1. The van der Waals surface area contributed by atoms with E-state index < -0.39 is 0 Å². The highest BCUT2D eigenvalue weighted by Gasteiger charge is 2.46. The van der Waals surface area contributed by atoms with E-state index in [2.05, 4.69) is 54.4 Å². The van der Waals surface area contributed by atoms with E-state index in [1.54, 1.807) is 0 Å². The molecule has 0 bridgehead atoms. The molecule has 2 heteroatoms. The summed E-state index contributed by atoms with van der Waals surface area (Å²) in [4.78, 5) is 2.77. The molecule has 1 spiro atoms. The van der Waals surface area contributed by atoms with Crippen molar-refractivity contribution < 1.29 is 0 Å². The Bertz CT molecular complexity index is 450. The van der Waals surface area contributed by atoms with Crippen LogP contribution in [0.2, 0.25) is 0 Å². The Morgan fingerprint density at radius 2 is 1.86 bits per heavy atom. The first-order valence-electron chi connectivity index (χ1n) is 8.74. The van der Waals surface area contributed by atoms with E-state index in [4.69, 9.17) is 0 Å². The Labute approximate surface area is 129 Å². The highest BCUT2D eigenvalue weighted by atomic mass is 15.3. The van der Waals surface area contributed by atoms with Crippen molar-refractivity contribution >= 4 is 0 Å². The van der Waals surface area contributed by atoms with Crippen molar-refractivity contribution in [1.29, 1.82) is 0 Å². The summed E-state index contributed by atoms with van der Waals surface area (Å²) in [5.41, 5.74) is 2.01. The van der Waals surface area contributed by atoms with Crippen molar-refractivity contribution in [3.63, 3.8) is 0 Å². The molecule has 116 valence electrons. The second kappa shape index (κ2) is 6.10. The zero-order valence-corrected chi connectivity index (χ0v) is 13.7. The van der Waals surface area contributed by atoms with Gasteiger partial charge in [-0.2, -0.15) is 0 Å². The fourth-order valence-electron chi connectivity index (χ4n) is 4.21. The van der Waals surface area contributed by atoms with Crippen LogP contribution in [-0.2, 0) is 5.54 Å². The predicted octanol–water partition coefficient (Wildman–Crippen LogP) is 3.92. The Balaban J connectivity index is 1.85. The van der Waals surface area contributed by atoms with E-state index in [1.165, 1.54) is 57.2 Å². The normalized spacial score (nSPS) is 29.0. The van der Waals surface area contributed by atoms with Crippen molar-refractivity contribution in [1.82, 2.24) is 10.2 Å². The molecule has 1 aromatic rings. The topological polar surface area (TPSA) is 15.3 Å². The Kier molecular flexibility index (Phi) is 4.37. The van der Waals surface area contributed by atoms with Crippen LogP contribution in [0.25, 0.3) is 0 Å². The number of nitrogens with zero attached hydrogens (tertiary/aromatic N) is 1. The molecule has 1 aromatic carbocycles. The van der Waals surface area contributed by atoms with Crippen LogP contribution in [0.15, 0.2) is 30.3 Å². The zero-order chi connectivity index (χ0) is 14.8. The van der Waals surface area contributed by atoms with Crippen LogP contribution < -0.4 is 5.32 Å². The van der Waals surface area contributed by atoms with Crippen LogP contribution in [0.4, 0.5) is 0 Å². The van der Waals surface area contributed by atoms with E-state index in [0.717, 1.165) is 6.54 Å². The minimum absolute atomic E-state index is 0.143. The molecule has 0 amide bonds. The lowest BCUT2D eigenvalue weighted by atomic mass is 9.82. The molecule has 1 unspecified atom stereocenters. The largest absolute Gasteiger partial charge is 0.308 e. The molecule has 1 N–H and O–H groups in total. The SMILES string of the molecule is CCCCN1CC2(CCCC2)NCC1(C)c1ccccc1. The van der Waals surface area contributed by atoms with Gasteiger partial charge in [0.05, 0.1) is 5.54 Å². The van der Waals surface area contributed by atoms with Gasteiger partial charge in [-0.25, -0.2) is 0 Å². The number of piperazine rings is 1. The summed E-state index contributed by atoms with van der Waals surface area (Å²) >= 11 is 0. The maximum Gasteiger partial charge on any atom is 0.0558 e. The van der Waals surface area contributed by atoms with Crippen molar-refractivity contribution in [3.05, 3.63) is 35.9 Å². The Morgan fingerprint density at radius 3 is 2.52 bits per heavy atom. The molecule has 1 aliphatic heterocycles. The van der Waals surface area contributed by atoms with Crippen molar-refractivity contribution in [2.75, 3.05) is 19.6 Å². The minimum Gasteiger partial charge on any atom is -0.308 e. The first-order chi connectivity index (χ1) is 10.2. The smallest absolute Gasteiger partial charge is 0.0558 e. The van der Waals surface area contributed by atoms with Gasteiger partial charge in [0.15, 0.2) is 0 Å². The maximum atomic E-state index is 3.95. The average molecular weight is 286 g/mol. The number of nitrogens with one attached hydrogen (secondary N) is 1. The Hall–Kier alpha value is -0.860. The number of rotatable bonds is 4. The number of unbranched alkanes of at least 4 members (excludes halogenated alkanes) is 1. The van der Waals surface area contributed by atoms with Gasteiger partial charge in [0, 0.05) is 18.6 Å². The minimum atomic E-state index is 0.143. The van der Waals surface area contributed by atoms with Gasteiger partial charge in [0.2, 0.25) is 0 Å². The van der Waals surface area contributed by atoms with E-state index in [0.29, 0.717) is 5.54 Å². The van der Waals surface area contributed by atoms with Gasteiger partial charge in [-0.05, 0) is 38.3 Å². The highest BCUT2D eigenvalue weighted by molar-refractivity contribution is 5.26. The van der Waals surface area contributed by atoms with E-state index in [-0.39, 0.29) is 5.54 Å².